The summed E-state index contributed by atoms with van der Waals surface area (Å²) >= 11 is 0. The molecule has 0 aliphatic carbocycles. The topological polar surface area (TPSA) is 49.3 Å². The Labute approximate surface area is 220 Å². The fraction of sp³-hybridized carbons (Fsp3) is 0.606. The van der Waals surface area contributed by atoms with Crippen LogP contribution in [-0.4, -0.2) is 17.1 Å². The van der Waals surface area contributed by atoms with Gasteiger partial charge in [0.2, 0.25) is 5.91 Å². The standard InChI is InChI=1S/C33H49NO2/c1-29(2,3)21-15-22(30(4,5)6)18-25(17-21)33(36,27-13-14-28(35)34-27)26-19-23(31(7,8)9)16-24(20-26)32(10,11)12/h15-20,27,36H,13-14H2,1-12H3,(H,34,35)/t27-/m0/s1. The van der Waals surface area contributed by atoms with E-state index in [0.29, 0.717) is 12.8 Å². The third-order valence-electron chi connectivity index (χ3n) is 7.71. The molecule has 0 spiro atoms. The molecule has 0 bridgehead atoms. The van der Waals surface area contributed by atoms with Gasteiger partial charge in [0.05, 0.1) is 6.04 Å². The van der Waals surface area contributed by atoms with Gasteiger partial charge < -0.3 is 10.4 Å². The Morgan fingerprint density at radius 2 is 0.861 bits per heavy atom. The van der Waals surface area contributed by atoms with Crippen molar-refractivity contribution in [3.63, 3.8) is 0 Å². The van der Waals surface area contributed by atoms with E-state index < -0.39 is 11.6 Å². The molecule has 1 aliphatic heterocycles. The molecule has 1 aliphatic rings. The molecule has 2 N–H and O–H groups in total. The van der Waals surface area contributed by atoms with E-state index in [0.717, 1.165) is 11.1 Å². The summed E-state index contributed by atoms with van der Waals surface area (Å²) in [5.41, 5.74) is 4.79. The summed E-state index contributed by atoms with van der Waals surface area (Å²) in [5.74, 6) is 0.00414. The van der Waals surface area contributed by atoms with E-state index in [-0.39, 0.29) is 27.6 Å². The Bertz CT molecular complexity index is 990. The average molecular weight is 492 g/mol. The molecule has 198 valence electrons. The van der Waals surface area contributed by atoms with Crippen LogP contribution < -0.4 is 5.32 Å². The highest BCUT2D eigenvalue weighted by atomic mass is 16.3. The number of nitrogens with one attached hydrogen (secondary N) is 1. The summed E-state index contributed by atoms with van der Waals surface area (Å²) in [4.78, 5) is 12.4. The lowest BCUT2D eigenvalue weighted by molar-refractivity contribution is -0.120. The highest BCUT2D eigenvalue weighted by molar-refractivity contribution is 5.79. The molecule has 1 atom stereocenters. The van der Waals surface area contributed by atoms with Crippen LogP contribution in [0.5, 0.6) is 0 Å². The molecule has 1 fully saturated rings. The van der Waals surface area contributed by atoms with Gasteiger partial charge in [-0.05, 0) is 61.5 Å². The molecule has 1 saturated heterocycles. The Morgan fingerprint density at radius 3 is 1.08 bits per heavy atom. The van der Waals surface area contributed by atoms with Crippen molar-refractivity contribution in [3.8, 4) is 0 Å². The summed E-state index contributed by atoms with van der Waals surface area (Å²) in [7, 11) is 0. The van der Waals surface area contributed by atoms with Crippen molar-refractivity contribution in [1.82, 2.24) is 5.32 Å². The number of hydrogen-bond donors (Lipinski definition) is 2. The second-order valence-electron chi connectivity index (χ2n) is 15.0. The van der Waals surface area contributed by atoms with Crippen molar-refractivity contribution in [3.05, 3.63) is 69.8 Å². The van der Waals surface area contributed by atoms with Crippen molar-refractivity contribution in [2.45, 2.75) is 129 Å². The quantitative estimate of drug-likeness (QED) is 0.470. The van der Waals surface area contributed by atoms with Gasteiger partial charge in [0.15, 0.2) is 0 Å². The van der Waals surface area contributed by atoms with Gasteiger partial charge in [-0.15, -0.1) is 0 Å². The molecule has 0 unspecified atom stereocenters. The maximum Gasteiger partial charge on any atom is 0.220 e. The van der Waals surface area contributed by atoms with Crippen LogP contribution in [0.4, 0.5) is 0 Å². The first kappa shape index (κ1) is 28.4. The number of amides is 1. The SMILES string of the molecule is CC(C)(C)c1cc(C(C)(C)C)cc(C(O)(c2cc(C(C)(C)C)cc(C(C)(C)C)c2)[C@@H]2CCC(=O)N2)c1. The fourth-order valence-electron chi connectivity index (χ4n) is 4.92. The third-order valence-corrected chi connectivity index (χ3v) is 7.71. The van der Waals surface area contributed by atoms with Gasteiger partial charge in [-0.3, -0.25) is 4.79 Å². The predicted molar refractivity (Wildman–Crippen MR) is 152 cm³/mol. The molecule has 2 aromatic rings. The van der Waals surface area contributed by atoms with E-state index in [4.69, 9.17) is 0 Å². The number of aliphatic hydroxyl groups is 1. The minimum atomic E-state index is -1.35. The fourth-order valence-corrected chi connectivity index (χ4v) is 4.92. The number of carbonyl (C=O) groups excluding carboxylic acids is 1. The number of hydrogen-bond acceptors (Lipinski definition) is 2. The molecule has 3 rings (SSSR count). The molecule has 0 radical (unpaired) electrons. The maximum absolute atomic E-state index is 12.9. The highest BCUT2D eigenvalue weighted by Crippen LogP contribution is 2.43. The zero-order valence-corrected chi connectivity index (χ0v) is 24.8. The van der Waals surface area contributed by atoms with Crippen molar-refractivity contribution in [2.75, 3.05) is 0 Å². The zero-order valence-electron chi connectivity index (χ0n) is 24.8. The van der Waals surface area contributed by atoms with Crippen LogP contribution in [0, 0.1) is 0 Å². The third kappa shape index (κ3) is 5.72. The second-order valence-corrected chi connectivity index (χ2v) is 15.0. The summed E-state index contributed by atoms with van der Waals surface area (Å²) in [6.45, 7) is 26.6. The second kappa shape index (κ2) is 9.01. The Morgan fingerprint density at radius 1 is 0.583 bits per heavy atom. The maximum atomic E-state index is 12.9. The molecule has 1 amide bonds. The molecule has 3 heteroatoms. The average Bonchev–Trinajstić information content (AvgIpc) is 3.16. The molecule has 0 aromatic heterocycles. The number of rotatable bonds is 3. The monoisotopic (exact) mass is 491 g/mol. The minimum absolute atomic E-state index is 0.00414. The Kier molecular flexibility index (Phi) is 7.12. The smallest absolute Gasteiger partial charge is 0.220 e. The van der Waals surface area contributed by atoms with Gasteiger partial charge in [-0.1, -0.05) is 119 Å². The highest BCUT2D eigenvalue weighted by Gasteiger charge is 2.45. The normalized spacial score (nSPS) is 17.9. The van der Waals surface area contributed by atoms with Gasteiger partial charge in [0.1, 0.15) is 5.60 Å². The molecule has 3 nitrogen and oxygen atoms in total. The van der Waals surface area contributed by atoms with Crippen molar-refractivity contribution < 1.29 is 9.90 Å². The summed E-state index contributed by atoms with van der Waals surface area (Å²) in [6.07, 6.45) is 1.04. The summed E-state index contributed by atoms with van der Waals surface area (Å²) < 4.78 is 0. The molecule has 36 heavy (non-hydrogen) atoms. The molecular weight excluding hydrogens is 442 g/mol. The van der Waals surface area contributed by atoms with Crippen LogP contribution in [-0.2, 0) is 32.1 Å². The van der Waals surface area contributed by atoms with Gasteiger partial charge in [0, 0.05) is 6.42 Å². The Hall–Kier alpha value is -2.13. The lowest BCUT2D eigenvalue weighted by Crippen LogP contribution is -2.47. The van der Waals surface area contributed by atoms with Crippen LogP contribution in [0.25, 0.3) is 0 Å². The van der Waals surface area contributed by atoms with E-state index in [1.54, 1.807) is 0 Å². The molecule has 0 saturated carbocycles. The van der Waals surface area contributed by atoms with E-state index >= 15 is 0 Å². The Balaban J connectivity index is 2.43. The van der Waals surface area contributed by atoms with Gasteiger partial charge in [0.25, 0.3) is 0 Å². The van der Waals surface area contributed by atoms with E-state index in [9.17, 15) is 9.90 Å². The molecule has 1 heterocycles. The summed E-state index contributed by atoms with van der Waals surface area (Å²) in [6, 6.07) is 12.8. The van der Waals surface area contributed by atoms with Crippen LogP contribution in [0.2, 0.25) is 0 Å². The van der Waals surface area contributed by atoms with E-state index in [1.165, 1.54) is 22.3 Å². The molecule has 2 aromatic carbocycles. The molecular formula is C33H49NO2. The lowest BCUT2D eigenvalue weighted by atomic mass is 9.71. The van der Waals surface area contributed by atoms with Crippen molar-refractivity contribution in [1.29, 1.82) is 0 Å². The first-order valence-corrected chi connectivity index (χ1v) is 13.5. The van der Waals surface area contributed by atoms with Crippen LogP contribution in [0.15, 0.2) is 36.4 Å². The van der Waals surface area contributed by atoms with E-state index in [1.807, 2.05) is 0 Å². The van der Waals surface area contributed by atoms with Crippen molar-refractivity contribution >= 4 is 5.91 Å². The van der Waals surface area contributed by atoms with E-state index in [2.05, 4.69) is 125 Å². The predicted octanol–water partition coefficient (Wildman–Crippen LogP) is 7.39. The summed E-state index contributed by atoms with van der Waals surface area (Å²) in [5, 5.41) is 16.1. The number of benzene rings is 2. The van der Waals surface area contributed by atoms with Crippen molar-refractivity contribution in [2.24, 2.45) is 0 Å². The van der Waals surface area contributed by atoms with Gasteiger partial charge in [-0.2, -0.15) is 0 Å². The first-order valence-electron chi connectivity index (χ1n) is 13.5. The zero-order chi connectivity index (χ0) is 27.5. The van der Waals surface area contributed by atoms with Crippen LogP contribution >= 0.6 is 0 Å². The first-order chi connectivity index (χ1) is 16.1. The lowest BCUT2D eigenvalue weighted by Gasteiger charge is -2.39. The van der Waals surface area contributed by atoms with Gasteiger partial charge in [-0.25, -0.2) is 0 Å². The van der Waals surface area contributed by atoms with Crippen LogP contribution in [0.3, 0.4) is 0 Å². The largest absolute Gasteiger partial charge is 0.378 e. The van der Waals surface area contributed by atoms with Crippen LogP contribution in [0.1, 0.15) is 129 Å². The number of carbonyl (C=O) groups is 1. The van der Waals surface area contributed by atoms with Gasteiger partial charge >= 0.3 is 0 Å². The minimum Gasteiger partial charge on any atom is -0.378 e.